The van der Waals surface area contributed by atoms with Crippen LogP contribution < -0.4 is 5.32 Å². The highest BCUT2D eigenvalue weighted by atomic mass is 35.5. The lowest BCUT2D eigenvalue weighted by Gasteiger charge is -2.13. The van der Waals surface area contributed by atoms with E-state index in [1.54, 1.807) is 0 Å². The van der Waals surface area contributed by atoms with E-state index in [1.807, 2.05) is 7.05 Å². The Morgan fingerprint density at radius 1 is 1.56 bits per heavy atom. The first-order valence-electron chi connectivity index (χ1n) is 5.23. The van der Waals surface area contributed by atoms with Crippen LogP contribution in [0.3, 0.4) is 0 Å². The first-order valence-corrected chi connectivity index (χ1v) is 5.61. The average molecular weight is 242 g/mol. The number of benzene rings is 1. The Hall–Kier alpha value is -0.930. The largest absolute Gasteiger partial charge is 0.319 e. The molecule has 1 aliphatic carbocycles. The van der Waals surface area contributed by atoms with Gasteiger partial charge in [-0.25, -0.2) is 4.39 Å². The predicted octanol–water partition coefficient (Wildman–Crippen LogP) is 2.66. The van der Waals surface area contributed by atoms with E-state index in [4.69, 9.17) is 11.6 Å². The second-order valence-corrected chi connectivity index (χ2v) is 4.68. The zero-order valence-corrected chi connectivity index (χ0v) is 9.77. The van der Waals surface area contributed by atoms with E-state index < -0.39 is 5.82 Å². The number of carbonyl (C=O) groups is 1. The van der Waals surface area contributed by atoms with E-state index in [0.717, 1.165) is 12.8 Å². The third kappa shape index (κ3) is 1.97. The Balaban J connectivity index is 2.24. The van der Waals surface area contributed by atoms with Crippen molar-refractivity contribution in [1.29, 1.82) is 0 Å². The molecule has 0 spiro atoms. The molecule has 2 nitrogen and oxygen atoms in total. The monoisotopic (exact) mass is 241 g/mol. The van der Waals surface area contributed by atoms with E-state index >= 15 is 0 Å². The minimum atomic E-state index is -0.489. The van der Waals surface area contributed by atoms with Crippen molar-refractivity contribution < 1.29 is 9.18 Å². The van der Waals surface area contributed by atoms with Gasteiger partial charge in [-0.1, -0.05) is 11.6 Å². The topological polar surface area (TPSA) is 29.1 Å². The van der Waals surface area contributed by atoms with Gasteiger partial charge in [0.15, 0.2) is 5.78 Å². The van der Waals surface area contributed by atoms with Crippen molar-refractivity contribution in [1.82, 2.24) is 5.32 Å². The van der Waals surface area contributed by atoms with Crippen molar-refractivity contribution in [3.05, 3.63) is 34.6 Å². The van der Waals surface area contributed by atoms with Gasteiger partial charge >= 0.3 is 0 Å². The molecule has 2 rings (SSSR count). The predicted molar refractivity (Wildman–Crippen MR) is 61.3 cm³/mol. The lowest BCUT2D eigenvalue weighted by molar-refractivity contribution is 0.0900. The highest BCUT2D eigenvalue weighted by molar-refractivity contribution is 6.31. The summed E-state index contributed by atoms with van der Waals surface area (Å²) in [5.74, 6) is -0.430. The fraction of sp³-hybridized carbons (Fsp3) is 0.417. The third-order valence-electron chi connectivity index (χ3n) is 3.03. The van der Waals surface area contributed by atoms with Crippen molar-refractivity contribution in [2.24, 2.45) is 5.41 Å². The van der Waals surface area contributed by atoms with Gasteiger partial charge in [-0.15, -0.1) is 0 Å². The lowest BCUT2D eigenvalue weighted by atomic mass is 9.94. The van der Waals surface area contributed by atoms with Crippen LogP contribution in [0.15, 0.2) is 18.2 Å². The van der Waals surface area contributed by atoms with E-state index in [-0.39, 0.29) is 16.2 Å². The zero-order valence-electron chi connectivity index (χ0n) is 9.02. The number of halogens is 2. The van der Waals surface area contributed by atoms with Crippen LogP contribution >= 0.6 is 11.6 Å². The molecule has 16 heavy (non-hydrogen) atoms. The minimum absolute atomic E-state index is 0.00566. The quantitative estimate of drug-likeness (QED) is 0.822. The third-order valence-corrected chi connectivity index (χ3v) is 3.32. The van der Waals surface area contributed by atoms with Crippen molar-refractivity contribution >= 4 is 17.4 Å². The minimum Gasteiger partial charge on any atom is -0.319 e. The van der Waals surface area contributed by atoms with Gasteiger partial charge < -0.3 is 5.32 Å². The summed E-state index contributed by atoms with van der Waals surface area (Å²) in [5.41, 5.74) is 0.217. The Kier molecular flexibility index (Phi) is 3.00. The molecule has 1 aromatic carbocycles. The van der Waals surface area contributed by atoms with E-state index in [1.165, 1.54) is 18.2 Å². The standard InChI is InChI=1S/C12H13ClFNO/c1-15-7-12(4-5-12)11(16)8-2-3-10(14)9(13)6-8/h2-3,6,15H,4-5,7H2,1H3. The highest BCUT2D eigenvalue weighted by Crippen LogP contribution is 2.47. The van der Waals surface area contributed by atoms with Gasteiger partial charge in [-0.3, -0.25) is 4.79 Å². The maximum atomic E-state index is 13.0. The average Bonchev–Trinajstić information content (AvgIpc) is 3.03. The Labute approximate surface area is 98.8 Å². The summed E-state index contributed by atoms with van der Waals surface area (Å²) in [6, 6.07) is 4.15. The van der Waals surface area contributed by atoms with Gasteiger partial charge in [0.05, 0.1) is 5.02 Å². The number of ketones is 1. The second-order valence-electron chi connectivity index (χ2n) is 4.27. The summed E-state index contributed by atoms with van der Waals surface area (Å²) >= 11 is 5.66. The maximum absolute atomic E-state index is 13.0. The van der Waals surface area contributed by atoms with Crippen LogP contribution in [-0.2, 0) is 0 Å². The number of rotatable bonds is 4. The Morgan fingerprint density at radius 2 is 2.25 bits per heavy atom. The molecule has 0 aliphatic heterocycles. The van der Waals surface area contributed by atoms with Crippen molar-refractivity contribution in [3.63, 3.8) is 0 Å². The molecular weight excluding hydrogens is 229 g/mol. The summed E-state index contributed by atoms with van der Waals surface area (Å²) < 4.78 is 13.0. The molecule has 0 unspecified atom stereocenters. The smallest absolute Gasteiger partial charge is 0.170 e. The number of hydrogen-bond acceptors (Lipinski definition) is 2. The van der Waals surface area contributed by atoms with Crippen LogP contribution in [0, 0.1) is 11.2 Å². The summed E-state index contributed by atoms with van der Waals surface area (Å²) in [4.78, 5) is 12.2. The van der Waals surface area contributed by atoms with Gasteiger partial charge in [-0.05, 0) is 38.1 Å². The van der Waals surface area contributed by atoms with Crippen molar-refractivity contribution in [2.75, 3.05) is 13.6 Å². The number of Topliss-reactive ketones (excluding diaryl/α,β-unsaturated/α-hetero) is 1. The van der Waals surface area contributed by atoms with E-state index in [9.17, 15) is 9.18 Å². The fourth-order valence-electron chi connectivity index (χ4n) is 1.92. The molecule has 0 atom stereocenters. The van der Waals surface area contributed by atoms with Crippen LogP contribution in [0.5, 0.6) is 0 Å². The first-order chi connectivity index (χ1) is 7.59. The molecule has 0 saturated heterocycles. The van der Waals surface area contributed by atoms with Gasteiger partial charge in [-0.2, -0.15) is 0 Å². The molecule has 0 radical (unpaired) electrons. The highest BCUT2D eigenvalue weighted by Gasteiger charge is 2.49. The molecule has 0 bridgehead atoms. The molecular formula is C12H13ClFNO. The first kappa shape index (κ1) is 11.6. The zero-order chi connectivity index (χ0) is 11.8. The number of hydrogen-bond donors (Lipinski definition) is 1. The van der Waals surface area contributed by atoms with Crippen LogP contribution in [0.1, 0.15) is 23.2 Å². The van der Waals surface area contributed by atoms with Crippen LogP contribution in [0.25, 0.3) is 0 Å². The number of carbonyl (C=O) groups excluding carboxylic acids is 1. The van der Waals surface area contributed by atoms with Crippen LogP contribution in [-0.4, -0.2) is 19.4 Å². The molecule has 0 amide bonds. The van der Waals surface area contributed by atoms with Gasteiger partial charge in [0.25, 0.3) is 0 Å². The second kappa shape index (κ2) is 4.15. The molecule has 4 heteroatoms. The number of nitrogens with one attached hydrogen (secondary N) is 1. The normalized spacial score (nSPS) is 17.2. The summed E-state index contributed by atoms with van der Waals surface area (Å²) in [6.07, 6.45) is 1.78. The fourth-order valence-corrected chi connectivity index (χ4v) is 2.10. The summed E-state index contributed by atoms with van der Waals surface area (Å²) in [7, 11) is 1.82. The molecule has 0 heterocycles. The van der Waals surface area contributed by atoms with Gasteiger partial charge in [0.1, 0.15) is 5.82 Å². The summed E-state index contributed by atoms with van der Waals surface area (Å²) in [5, 5.41) is 3.02. The van der Waals surface area contributed by atoms with E-state index in [0.29, 0.717) is 12.1 Å². The Bertz CT molecular complexity index is 429. The maximum Gasteiger partial charge on any atom is 0.170 e. The van der Waals surface area contributed by atoms with Crippen molar-refractivity contribution in [2.45, 2.75) is 12.8 Å². The lowest BCUT2D eigenvalue weighted by Crippen LogP contribution is -2.27. The van der Waals surface area contributed by atoms with Crippen LogP contribution in [0.4, 0.5) is 4.39 Å². The Morgan fingerprint density at radius 3 is 2.75 bits per heavy atom. The SMILES string of the molecule is CNCC1(C(=O)c2ccc(F)c(Cl)c2)CC1. The van der Waals surface area contributed by atoms with Gasteiger partial charge in [0, 0.05) is 17.5 Å². The molecule has 0 aromatic heterocycles. The van der Waals surface area contributed by atoms with Crippen LogP contribution in [0.2, 0.25) is 5.02 Å². The molecule has 86 valence electrons. The molecule has 1 N–H and O–H groups in total. The van der Waals surface area contributed by atoms with E-state index in [2.05, 4.69) is 5.32 Å². The molecule has 1 aromatic rings. The van der Waals surface area contributed by atoms with Gasteiger partial charge in [0.2, 0.25) is 0 Å². The molecule has 1 aliphatic rings. The molecule has 1 saturated carbocycles. The summed E-state index contributed by atoms with van der Waals surface area (Å²) in [6.45, 7) is 0.667. The molecule has 1 fully saturated rings. The van der Waals surface area contributed by atoms with Crippen molar-refractivity contribution in [3.8, 4) is 0 Å².